The smallest absolute Gasteiger partial charge is 0.295 e. The molecular weight excluding hydrogens is 466 g/mol. The molecule has 3 aromatic rings. The Morgan fingerprint density at radius 3 is 2.46 bits per heavy atom. The first kappa shape index (κ1) is 26.5. The van der Waals surface area contributed by atoms with Crippen LogP contribution in [-0.4, -0.2) is 65.0 Å². The second-order valence-electron chi connectivity index (χ2n) is 10.9. The number of ketones is 1. The number of carbonyl (C=O) groups excluding carboxylic acids is 2. The van der Waals surface area contributed by atoms with Crippen molar-refractivity contribution in [2.24, 2.45) is 7.05 Å². The number of Topliss-reactive ketones (excluding diaryl/α,β-unsaturated/α-hetero) is 1. The molecule has 0 radical (unpaired) electrons. The molecule has 7 nitrogen and oxygen atoms in total. The lowest BCUT2D eigenvalue weighted by Gasteiger charge is -2.26. The summed E-state index contributed by atoms with van der Waals surface area (Å²) in [4.78, 5) is 30.4. The number of aromatic nitrogens is 1. The number of hydrogen-bond acceptors (Lipinski definition) is 5. The number of aryl methyl sites for hydroxylation is 1. The largest absolute Gasteiger partial charge is 0.507 e. The highest BCUT2D eigenvalue weighted by atomic mass is 16.5. The molecule has 1 aromatic heterocycles. The number of nitrogens with zero attached hydrogens (tertiary/aromatic N) is 3. The van der Waals surface area contributed by atoms with Gasteiger partial charge in [0.25, 0.3) is 11.7 Å². The summed E-state index contributed by atoms with van der Waals surface area (Å²) in [5.41, 5.74) is 3.08. The van der Waals surface area contributed by atoms with Gasteiger partial charge < -0.3 is 24.2 Å². The molecule has 0 bridgehead atoms. The van der Waals surface area contributed by atoms with E-state index < -0.39 is 17.7 Å². The molecule has 0 spiro atoms. The number of likely N-dealkylation sites (tertiary alicyclic amines) is 1. The lowest BCUT2D eigenvalue weighted by atomic mass is 9.84. The molecule has 196 valence electrons. The minimum Gasteiger partial charge on any atom is -0.507 e. The lowest BCUT2D eigenvalue weighted by Crippen LogP contribution is -2.35. The number of rotatable bonds is 7. The van der Waals surface area contributed by atoms with Gasteiger partial charge in [-0.05, 0) is 50.7 Å². The maximum absolute atomic E-state index is 13.5. The fourth-order valence-electron chi connectivity index (χ4n) is 5.03. The molecule has 7 heteroatoms. The minimum absolute atomic E-state index is 0.115. The fraction of sp³-hybridized carbons (Fsp3) is 0.400. The molecule has 2 heterocycles. The number of carbonyl (C=O) groups is 2. The molecule has 0 saturated carbocycles. The summed E-state index contributed by atoms with van der Waals surface area (Å²) in [7, 11) is 5.80. The number of benzene rings is 2. The van der Waals surface area contributed by atoms with E-state index in [1.165, 1.54) is 0 Å². The molecule has 1 unspecified atom stereocenters. The van der Waals surface area contributed by atoms with Gasteiger partial charge in [-0.1, -0.05) is 39.0 Å². The SMILES string of the molecule is CCOc1ccc(/C(O)=C2\C(=O)C(=O)N(CCN(C)C)C2c2cn(C)c3ccccc23)cc1C(C)(C)C. The highest BCUT2D eigenvalue weighted by Crippen LogP contribution is 2.43. The Labute approximate surface area is 218 Å². The Kier molecular flexibility index (Phi) is 7.20. The summed E-state index contributed by atoms with van der Waals surface area (Å²) in [6.45, 7) is 9.62. The van der Waals surface area contributed by atoms with Gasteiger partial charge in [-0.3, -0.25) is 9.59 Å². The van der Waals surface area contributed by atoms with Crippen molar-refractivity contribution >= 4 is 28.4 Å². The fourth-order valence-corrected chi connectivity index (χ4v) is 5.03. The van der Waals surface area contributed by atoms with Crippen LogP contribution in [0.3, 0.4) is 0 Å². The lowest BCUT2D eigenvalue weighted by molar-refractivity contribution is -0.140. The number of amides is 1. The first-order valence-electron chi connectivity index (χ1n) is 12.7. The Balaban J connectivity index is 1.95. The second-order valence-corrected chi connectivity index (χ2v) is 10.9. The summed E-state index contributed by atoms with van der Waals surface area (Å²) in [6, 6.07) is 12.7. The van der Waals surface area contributed by atoms with E-state index in [0.717, 1.165) is 27.8 Å². The van der Waals surface area contributed by atoms with E-state index in [4.69, 9.17) is 4.74 Å². The maximum atomic E-state index is 13.5. The van der Waals surface area contributed by atoms with Crippen LogP contribution in [0.15, 0.2) is 54.2 Å². The molecule has 1 atom stereocenters. The molecule has 1 aliphatic heterocycles. The summed E-state index contributed by atoms with van der Waals surface area (Å²) < 4.78 is 7.83. The van der Waals surface area contributed by atoms with Crippen LogP contribution in [0.1, 0.15) is 50.4 Å². The van der Waals surface area contributed by atoms with Crippen molar-refractivity contribution in [3.05, 3.63) is 70.9 Å². The number of aliphatic hydroxyl groups excluding tert-OH is 1. The predicted octanol–water partition coefficient (Wildman–Crippen LogP) is 4.86. The number of ether oxygens (including phenoxy) is 1. The van der Waals surface area contributed by atoms with Gasteiger partial charge in [-0.25, -0.2) is 0 Å². The van der Waals surface area contributed by atoms with Crippen molar-refractivity contribution in [3.63, 3.8) is 0 Å². The van der Waals surface area contributed by atoms with Gasteiger partial charge in [0.2, 0.25) is 0 Å². The molecule has 37 heavy (non-hydrogen) atoms. The van der Waals surface area contributed by atoms with Gasteiger partial charge in [0.1, 0.15) is 11.5 Å². The van der Waals surface area contributed by atoms with Crippen molar-refractivity contribution in [3.8, 4) is 5.75 Å². The second kappa shape index (κ2) is 10.1. The van der Waals surface area contributed by atoms with Crippen LogP contribution in [-0.2, 0) is 22.1 Å². The summed E-state index contributed by atoms with van der Waals surface area (Å²) >= 11 is 0. The van der Waals surface area contributed by atoms with E-state index in [2.05, 4.69) is 20.8 Å². The van der Waals surface area contributed by atoms with Crippen LogP contribution in [0.25, 0.3) is 16.7 Å². The van der Waals surface area contributed by atoms with E-state index in [9.17, 15) is 14.7 Å². The van der Waals surface area contributed by atoms with Gasteiger partial charge in [0, 0.05) is 53.9 Å². The molecule has 1 fully saturated rings. The topological polar surface area (TPSA) is 75.0 Å². The van der Waals surface area contributed by atoms with E-state index in [0.29, 0.717) is 25.3 Å². The maximum Gasteiger partial charge on any atom is 0.295 e. The highest BCUT2D eigenvalue weighted by Gasteiger charge is 2.47. The third-order valence-corrected chi connectivity index (χ3v) is 6.91. The van der Waals surface area contributed by atoms with E-state index in [1.807, 2.05) is 80.1 Å². The third-order valence-electron chi connectivity index (χ3n) is 6.91. The number of likely N-dealkylation sites (N-methyl/N-ethyl adjacent to an activating group) is 1. The first-order chi connectivity index (χ1) is 17.5. The van der Waals surface area contributed by atoms with Crippen molar-refractivity contribution in [1.82, 2.24) is 14.4 Å². The Morgan fingerprint density at radius 2 is 1.81 bits per heavy atom. The van der Waals surface area contributed by atoms with Crippen LogP contribution < -0.4 is 4.74 Å². The van der Waals surface area contributed by atoms with Crippen LogP contribution >= 0.6 is 0 Å². The molecule has 0 aliphatic carbocycles. The molecule has 2 aromatic carbocycles. The Morgan fingerprint density at radius 1 is 1.11 bits per heavy atom. The molecule has 1 aliphatic rings. The third kappa shape index (κ3) is 4.88. The molecular formula is C30H37N3O4. The standard InChI is InChI=1S/C30H37N3O4/c1-8-37-24-14-13-19(17-22(24)30(2,3)4)27(34)25-26(33(16-15-31(5)6)29(36)28(25)35)21-18-32(7)23-12-10-9-11-20(21)23/h9-14,17-18,26,34H,8,15-16H2,1-7H3/b27-25+. The predicted molar refractivity (Wildman–Crippen MR) is 147 cm³/mol. The van der Waals surface area contributed by atoms with Crippen molar-refractivity contribution in [2.75, 3.05) is 33.8 Å². The quantitative estimate of drug-likeness (QED) is 0.283. The van der Waals surface area contributed by atoms with Crippen LogP contribution in [0.2, 0.25) is 0 Å². The van der Waals surface area contributed by atoms with E-state index in [-0.39, 0.29) is 16.7 Å². The monoisotopic (exact) mass is 503 g/mol. The zero-order chi connectivity index (χ0) is 27.1. The van der Waals surface area contributed by atoms with E-state index in [1.54, 1.807) is 11.0 Å². The molecule has 4 rings (SSSR count). The normalized spacial score (nSPS) is 17.8. The Hall–Kier alpha value is -3.58. The van der Waals surface area contributed by atoms with Gasteiger partial charge in [-0.2, -0.15) is 0 Å². The average molecular weight is 504 g/mol. The zero-order valence-electron chi connectivity index (χ0n) is 22.8. The summed E-state index contributed by atoms with van der Waals surface area (Å²) in [6.07, 6.45) is 1.95. The van der Waals surface area contributed by atoms with Crippen LogP contribution in [0.5, 0.6) is 5.75 Å². The van der Waals surface area contributed by atoms with Gasteiger partial charge in [-0.15, -0.1) is 0 Å². The van der Waals surface area contributed by atoms with Crippen molar-refractivity contribution in [2.45, 2.75) is 39.2 Å². The average Bonchev–Trinajstić information content (AvgIpc) is 3.30. The zero-order valence-corrected chi connectivity index (χ0v) is 22.8. The van der Waals surface area contributed by atoms with Crippen LogP contribution in [0, 0.1) is 0 Å². The minimum atomic E-state index is -0.698. The van der Waals surface area contributed by atoms with Gasteiger partial charge in [0.15, 0.2) is 0 Å². The number of fused-ring (bicyclic) bond motifs is 1. The van der Waals surface area contributed by atoms with Gasteiger partial charge >= 0.3 is 0 Å². The molecule has 1 amide bonds. The number of para-hydroxylation sites is 1. The molecule has 1 saturated heterocycles. The summed E-state index contributed by atoms with van der Waals surface area (Å²) in [5.74, 6) is -0.690. The summed E-state index contributed by atoms with van der Waals surface area (Å²) in [5, 5.41) is 12.6. The Bertz CT molecular complexity index is 1380. The van der Waals surface area contributed by atoms with Crippen molar-refractivity contribution < 1.29 is 19.4 Å². The highest BCUT2D eigenvalue weighted by molar-refractivity contribution is 6.46. The molecule has 1 N–H and O–H groups in total. The number of hydrogen-bond donors (Lipinski definition) is 1. The van der Waals surface area contributed by atoms with Crippen LogP contribution in [0.4, 0.5) is 0 Å². The van der Waals surface area contributed by atoms with E-state index >= 15 is 0 Å². The van der Waals surface area contributed by atoms with Gasteiger partial charge in [0.05, 0.1) is 18.2 Å². The van der Waals surface area contributed by atoms with Crippen molar-refractivity contribution in [1.29, 1.82) is 0 Å². The number of aliphatic hydroxyl groups is 1. The first-order valence-corrected chi connectivity index (χ1v) is 12.7.